The summed E-state index contributed by atoms with van der Waals surface area (Å²) in [5.74, 6) is 1.42. The number of pyridine rings is 1. The number of rotatable bonds is 7. The third kappa shape index (κ3) is 3.79. The van der Waals surface area contributed by atoms with Gasteiger partial charge in [-0.2, -0.15) is 0 Å². The normalized spacial score (nSPS) is 13.0. The fourth-order valence-corrected chi connectivity index (χ4v) is 3.73. The lowest BCUT2D eigenvalue weighted by Gasteiger charge is -2.18. The Labute approximate surface area is 164 Å². The van der Waals surface area contributed by atoms with E-state index >= 15 is 0 Å². The molecule has 0 fully saturated rings. The maximum absolute atomic E-state index is 9.56. The first kappa shape index (κ1) is 18.7. The number of nitrogens with one attached hydrogen (secondary N) is 3. The molecule has 0 aliphatic carbocycles. The minimum absolute atomic E-state index is 0.130. The molecule has 6 nitrogen and oxygen atoms in total. The Morgan fingerprint density at radius 1 is 1.14 bits per heavy atom. The molecule has 0 aliphatic heterocycles. The van der Waals surface area contributed by atoms with Gasteiger partial charge in [0.25, 0.3) is 0 Å². The molecule has 3 heterocycles. The van der Waals surface area contributed by atoms with Crippen LogP contribution in [0.4, 0.5) is 0 Å². The van der Waals surface area contributed by atoms with Gasteiger partial charge in [-0.15, -0.1) is 0 Å². The zero-order chi connectivity index (χ0) is 19.7. The summed E-state index contributed by atoms with van der Waals surface area (Å²) in [5, 5.41) is 14.2. The summed E-state index contributed by atoms with van der Waals surface area (Å²) < 4.78 is 0. The number of hydrogen-bond acceptors (Lipinski definition) is 4. The molecule has 0 saturated heterocycles. The Bertz CT molecular complexity index is 1090. The van der Waals surface area contributed by atoms with Crippen LogP contribution in [0.25, 0.3) is 33.3 Å². The quantitative estimate of drug-likeness (QED) is 0.393. The van der Waals surface area contributed by atoms with E-state index in [-0.39, 0.29) is 12.6 Å². The van der Waals surface area contributed by atoms with E-state index in [4.69, 9.17) is 0 Å². The number of H-pyrrole nitrogens is 2. The van der Waals surface area contributed by atoms with Crippen LogP contribution in [-0.4, -0.2) is 37.7 Å². The number of aromatic amines is 2. The fraction of sp³-hybridized carbons (Fsp3) is 0.364. The summed E-state index contributed by atoms with van der Waals surface area (Å²) in [6.45, 7) is 7.19. The zero-order valence-corrected chi connectivity index (χ0v) is 16.6. The smallest absolute Gasteiger partial charge is 0.158 e. The molecule has 28 heavy (non-hydrogen) atoms. The average Bonchev–Trinajstić information content (AvgIpc) is 3.26. The molecule has 0 bridgehead atoms. The lowest BCUT2D eigenvalue weighted by molar-refractivity contribution is 0.223. The van der Waals surface area contributed by atoms with E-state index < -0.39 is 0 Å². The van der Waals surface area contributed by atoms with E-state index in [2.05, 4.69) is 63.4 Å². The van der Waals surface area contributed by atoms with Crippen LogP contribution >= 0.6 is 0 Å². The van der Waals surface area contributed by atoms with Gasteiger partial charge < -0.3 is 20.4 Å². The summed E-state index contributed by atoms with van der Waals surface area (Å²) in [7, 11) is 0. The number of aliphatic hydroxyl groups is 1. The first-order chi connectivity index (χ1) is 13.5. The highest BCUT2D eigenvalue weighted by Crippen LogP contribution is 2.29. The Kier molecular flexibility index (Phi) is 5.15. The molecule has 0 aliphatic rings. The molecule has 4 N–H and O–H groups in total. The van der Waals surface area contributed by atoms with Gasteiger partial charge in [0.2, 0.25) is 0 Å². The maximum Gasteiger partial charge on any atom is 0.158 e. The van der Waals surface area contributed by atoms with E-state index in [0.29, 0.717) is 5.92 Å². The molecule has 4 aromatic rings. The average molecular weight is 377 g/mol. The second kappa shape index (κ2) is 7.73. The van der Waals surface area contributed by atoms with Gasteiger partial charge in [-0.25, -0.2) is 9.97 Å². The minimum atomic E-state index is 0.130. The maximum atomic E-state index is 9.56. The Balaban J connectivity index is 1.59. The van der Waals surface area contributed by atoms with Gasteiger partial charge in [-0.05, 0) is 49.1 Å². The van der Waals surface area contributed by atoms with Gasteiger partial charge in [0.15, 0.2) is 5.65 Å². The first-order valence-corrected chi connectivity index (χ1v) is 9.81. The van der Waals surface area contributed by atoms with Crippen molar-refractivity contribution in [2.45, 2.75) is 39.8 Å². The number of imidazole rings is 1. The Morgan fingerprint density at radius 3 is 2.79 bits per heavy atom. The van der Waals surface area contributed by atoms with Crippen LogP contribution in [0.5, 0.6) is 0 Å². The molecule has 3 aromatic heterocycles. The predicted octanol–water partition coefficient (Wildman–Crippen LogP) is 3.91. The molecule has 1 unspecified atom stereocenters. The second-order valence-corrected chi connectivity index (χ2v) is 7.87. The number of aryl methyl sites for hydroxylation is 1. The highest BCUT2D eigenvalue weighted by molar-refractivity contribution is 5.94. The lowest BCUT2D eigenvalue weighted by atomic mass is 10.0. The summed E-state index contributed by atoms with van der Waals surface area (Å²) in [5.41, 5.74) is 6.06. The lowest BCUT2D eigenvalue weighted by Crippen LogP contribution is -2.33. The molecule has 0 spiro atoms. The van der Waals surface area contributed by atoms with E-state index in [0.717, 1.165) is 52.1 Å². The van der Waals surface area contributed by atoms with E-state index in [1.54, 1.807) is 6.20 Å². The van der Waals surface area contributed by atoms with Crippen LogP contribution in [0.3, 0.4) is 0 Å². The number of aromatic nitrogens is 4. The SMILES string of the molecule is Cc1nc2c(-c3cc4cc(CNC(CO)CC(C)C)ccc4[nH]3)ccnc2[nH]1. The van der Waals surface area contributed by atoms with Gasteiger partial charge in [-0.3, -0.25) is 0 Å². The third-order valence-electron chi connectivity index (χ3n) is 5.05. The van der Waals surface area contributed by atoms with Crippen molar-refractivity contribution in [2.24, 2.45) is 5.92 Å². The molecule has 146 valence electrons. The summed E-state index contributed by atoms with van der Waals surface area (Å²) in [6, 6.07) is 10.7. The first-order valence-electron chi connectivity index (χ1n) is 9.81. The van der Waals surface area contributed by atoms with Gasteiger partial charge in [0, 0.05) is 40.9 Å². The Hall–Kier alpha value is -2.70. The standard InChI is InChI=1S/C22H27N5O/c1-13(2)8-17(12-28)24-11-15-4-5-19-16(9-15)10-20(27-19)18-6-7-23-22-21(18)25-14(3)26-22/h4-7,9-10,13,17,24,27-28H,8,11-12H2,1-3H3,(H,23,25,26). The van der Waals surface area contributed by atoms with E-state index in [1.165, 1.54) is 5.56 Å². The van der Waals surface area contributed by atoms with Crippen molar-refractivity contribution in [3.05, 3.63) is 47.9 Å². The topological polar surface area (TPSA) is 89.6 Å². The monoisotopic (exact) mass is 377 g/mol. The summed E-state index contributed by atoms with van der Waals surface area (Å²) >= 11 is 0. The molecule has 6 heteroatoms. The van der Waals surface area contributed by atoms with Crippen molar-refractivity contribution in [2.75, 3.05) is 6.61 Å². The van der Waals surface area contributed by atoms with E-state index in [1.807, 2.05) is 13.0 Å². The van der Waals surface area contributed by atoms with Crippen molar-refractivity contribution >= 4 is 22.1 Å². The van der Waals surface area contributed by atoms with Crippen LogP contribution in [0.15, 0.2) is 36.5 Å². The predicted molar refractivity (Wildman–Crippen MR) is 113 cm³/mol. The van der Waals surface area contributed by atoms with Gasteiger partial charge in [-0.1, -0.05) is 19.9 Å². The number of hydrogen-bond donors (Lipinski definition) is 4. The largest absolute Gasteiger partial charge is 0.395 e. The Morgan fingerprint density at radius 2 is 2.00 bits per heavy atom. The fourth-order valence-electron chi connectivity index (χ4n) is 3.73. The zero-order valence-electron chi connectivity index (χ0n) is 16.6. The molecule has 1 aromatic carbocycles. The van der Waals surface area contributed by atoms with Crippen LogP contribution in [-0.2, 0) is 6.54 Å². The van der Waals surface area contributed by atoms with Crippen molar-refractivity contribution in [1.29, 1.82) is 0 Å². The van der Waals surface area contributed by atoms with Crippen LogP contribution in [0.2, 0.25) is 0 Å². The van der Waals surface area contributed by atoms with Crippen molar-refractivity contribution in [3.8, 4) is 11.3 Å². The highest BCUT2D eigenvalue weighted by atomic mass is 16.3. The van der Waals surface area contributed by atoms with Gasteiger partial charge >= 0.3 is 0 Å². The van der Waals surface area contributed by atoms with Crippen LogP contribution in [0, 0.1) is 12.8 Å². The van der Waals surface area contributed by atoms with Crippen molar-refractivity contribution < 1.29 is 5.11 Å². The number of aliphatic hydroxyl groups excluding tert-OH is 1. The number of fused-ring (bicyclic) bond motifs is 2. The number of nitrogens with zero attached hydrogens (tertiary/aromatic N) is 2. The molecule has 1 atom stereocenters. The van der Waals surface area contributed by atoms with Crippen LogP contribution in [0.1, 0.15) is 31.7 Å². The summed E-state index contributed by atoms with van der Waals surface area (Å²) in [6.07, 6.45) is 2.77. The minimum Gasteiger partial charge on any atom is -0.395 e. The molecule has 0 amide bonds. The van der Waals surface area contributed by atoms with Crippen LogP contribution < -0.4 is 5.32 Å². The van der Waals surface area contributed by atoms with Gasteiger partial charge in [0.1, 0.15) is 11.3 Å². The molecule has 4 rings (SSSR count). The van der Waals surface area contributed by atoms with Gasteiger partial charge in [0.05, 0.1) is 6.61 Å². The number of benzene rings is 1. The molecular weight excluding hydrogens is 350 g/mol. The molecule has 0 saturated carbocycles. The second-order valence-electron chi connectivity index (χ2n) is 7.87. The molecule has 0 radical (unpaired) electrons. The van der Waals surface area contributed by atoms with Crippen molar-refractivity contribution in [3.63, 3.8) is 0 Å². The molecular formula is C22H27N5O. The summed E-state index contributed by atoms with van der Waals surface area (Å²) in [4.78, 5) is 15.6. The third-order valence-corrected chi connectivity index (χ3v) is 5.05. The van der Waals surface area contributed by atoms with Crippen molar-refractivity contribution in [1.82, 2.24) is 25.3 Å². The van der Waals surface area contributed by atoms with E-state index in [9.17, 15) is 5.11 Å². The highest BCUT2D eigenvalue weighted by Gasteiger charge is 2.12.